The van der Waals surface area contributed by atoms with E-state index in [1.165, 1.54) is 0 Å². The summed E-state index contributed by atoms with van der Waals surface area (Å²) < 4.78 is 0. The molecule has 4 nitrogen and oxygen atoms in total. The van der Waals surface area contributed by atoms with Crippen LogP contribution in [-0.2, 0) is 6.42 Å². The van der Waals surface area contributed by atoms with Crippen LogP contribution in [0.3, 0.4) is 0 Å². The SMILES string of the molecule is CCc1nc(Nc2ccc(Cl)c(Cl)c2)sc1C(=O)O. The number of carboxylic acids is 1. The van der Waals surface area contributed by atoms with Crippen molar-refractivity contribution in [3.63, 3.8) is 0 Å². The van der Waals surface area contributed by atoms with Gasteiger partial charge in [0.2, 0.25) is 0 Å². The first-order chi connectivity index (χ1) is 9.01. The van der Waals surface area contributed by atoms with Crippen LogP contribution in [0.25, 0.3) is 0 Å². The van der Waals surface area contributed by atoms with Gasteiger partial charge >= 0.3 is 5.97 Å². The summed E-state index contributed by atoms with van der Waals surface area (Å²) in [5, 5.41) is 13.5. The van der Waals surface area contributed by atoms with E-state index >= 15 is 0 Å². The molecule has 0 saturated heterocycles. The molecule has 0 aliphatic heterocycles. The highest BCUT2D eigenvalue weighted by atomic mass is 35.5. The average Bonchev–Trinajstić information content (AvgIpc) is 2.77. The summed E-state index contributed by atoms with van der Waals surface area (Å²) >= 11 is 12.8. The van der Waals surface area contributed by atoms with Crippen LogP contribution in [0, 0.1) is 0 Å². The summed E-state index contributed by atoms with van der Waals surface area (Å²) in [6.45, 7) is 1.87. The summed E-state index contributed by atoms with van der Waals surface area (Å²) in [6.07, 6.45) is 0.571. The van der Waals surface area contributed by atoms with Gasteiger partial charge in [-0.15, -0.1) is 0 Å². The number of aromatic nitrogens is 1. The first-order valence-corrected chi connectivity index (χ1v) is 7.03. The number of aromatic carboxylic acids is 1. The van der Waals surface area contributed by atoms with Crippen molar-refractivity contribution in [3.05, 3.63) is 38.8 Å². The number of aryl methyl sites for hydroxylation is 1. The minimum atomic E-state index is -0.962. The van der Waals surface area contributed by atoms with Crippen molar-refractivity contribution in [2.45, 2.75) is 13.3 Å². The molecule has 0 radical (unpaired) electrons. The molecular weight excluding hydrogens is 307 g/mol. The summed E-state index contributed by atoms with van der Waals surface area (Å²) in [7, 11) is 0. The van der Waals surface area contributed by atoms with Crippen LogP contribution in [0.5, 0.6) is 0 Å². The number of carboxylic acid groups (broad SMARTS) is 1. The summed E-state index contributed by atoms with van der Waals surface area (Å²) in [5.41, 5.74) is 1.28. The van der Waals surface area contributed by atoms with E-state index in [-0.39, 0.29) is 4.88 Å². The second-order valence-electron chi connectivity index (χ2n) is 3.71. The number of hydrogen-bond donors (Lipinski definition) is 2. The lowest BCUT2D eigenvalue weighted by molar-refractivity contribution is 0.0701. The summed E-state index contributed by atoms with van der Waals surface area (Å²) in [5.74, 6) is -0.962. The number of nitrogens with zero attached hydrogens (tertiary/aromatic N) is 1. The van der Waals surface area contributed by atoms with Gasteiger partial charge in [-0.25, -0.2) is 9.78 Å². The van der Waals surface area contributed by atoms with Crippen molar-refractivity contribution in [1.29, 1.82) is 0 Å². The van der Waals surface area contributed by atoms with Gasteiger partial charge in [0, 0.05) is 5.69 Å². The van der Waals surface area contributed by atoms with Crippen LogP contribution >= 0.6 is 34.5 Å². The quantitative estimate of drug-likeness (QED) is 0.874. The van der Waals surface area contributed by atoms with E-state index in [1.54, 1.807) is 18.2 Å². The summed E-state index contributed by atoms with van der Waals surface area (Å²) in [4.78, 5) is 15.6. The van der Waals surface area contributed by atoms with Gasteiger partial charge in [-0.3, -0.25) is 0 Å². The molecule has 2 rings (SSSR count). The first-order valence-electron chi connectivity index (χ1n) is 5.46. The lowest BCUT2D eigenvalue weighted by Gasteiger charge is -2.03. The van der Waals surface area contributed by atoms with Crippen molar-refractivity contribution >= 4 is 51.3 Å². The molecule has 0 fully saturated rings. The third-order valence-electron chi connectivity index (χ3n) is 2.40. The van der Waals surface area contributed by atoms with Gasteiger partial charge < -0.3 is 10.4 Å². The van der Waals surface area contributed by atoms with Crippen LogP contribution in [0.15, 0.2) is 18.2 Å². The molecule has 0 atom stereocenters. The molecule has 0 saturated carbocycles. The molecule has 1 heterocycles. The van der Waals surface area contributed by atoms with E-state index in [0.29, 0.717) is 33.0 Å². The Hall–Kier alpha value is -1.30. The van der Waals surface area contributed by atoms with Gasteiger partial charge in [0.05, 0.1) is 15.7 Å². The first kappa shape index (κ1) is 14.1. The van der Waals surface area contributed by atoms with E-state index in [9.17, 15) is 4.79 Å². The zero-order chi connectivity index (χ0) is 14.0. The Labute approximate surface area is 124 Å². The van der Waals surface area contributed by atoms with Gasteiger partial charge in [-0.1, -0.05) is 41.5 Å². The fraction of sp³-hybridized carbons (Fsp3) is 0.167. The molecule has 0 aliphatic rings. The van der Waals surface area contributed by atoms with Crippen molar-refractivity contribution in [1.82, 2.24) is 4.98 Å². The third kappa shape index (κ3) is 3.18. The smallest absolute Gasteiger partial charge is 0.347 e. The van der Waals surface area contributed by atoms with Gasteiger partial charge in [0.1, 0.15) is 4.88 Å². The Morgan fingerprint density at radius 2 is 2.16 bits per heavy atom. The molecular formula is C12H10Cl2N2O2S. The monoisotopic (exact) mass is 316 g/mol. The molecule has 1 aromatic heterocycles. The molecule has 19 heavy (non-hydrogen) atoms. The lowest BCUT2D eigenvalue weighted by atomic mass is 10.3. The maximum absolute atomic E-state index is 11.0. The molecule has 0 aliphatic carbocycles. The zero-order valence-corrected chi connectivity index (χ0v) is 12.2. The number of carbonyl (C=O) groups is 1. The second kappa shape index (κ2) is 5.77. The molecule has 2 aromatic rings. The number of thiazole rings is 1. The van der Waals surface area contributed by atoms with Crippen LogP contribution in [-0.4, -0.2) is 16.1 Å². The third-order valence-corrected chi connectivity index (χ3v) is 4.14. The molecule has 0 amide bonds. The zero-order valence-electron chi connectivity index (χ0n) is 9.91. The van der Waals surface area contributed by atoms with Crippen LogP contribution in [0.2, 0.25) is 10.0 Å². The average molecular weight is 317 g/mol. The van der Waals surface area contributed by atoms with E-state index in [0.717, 1.165) is 11.3 Å². The van der Waals surface area contributed by atoms with Crippen LogP contribution < -0.4 is 5.32 Å². The fourth-order valence-electron chi connectivity index (χ4n) is 1.51. The normalized spacial score (nSPS) is 10.5. The predicted octanol–water partition coefficient (Wildman–Crippen LogP) is 4.45. The molecule has 0 bridgehead atoms. The molecule has 2 N–H and O–H groups in total. The van der Waals surface area contributed by atoms with Gasteiger partial charge in [-0.2, -0.15) is 0 Å². The van der Waals surface area contributed by atoms with Crippen molar-refractivity contribution in [2.75, 3.05) is 5.32 Å². The molecule has 1 aromatic carbocycles. The van der Waals surface area contributed by atoms with E-state index < -0.39 is 5.97 Å². The largest absolute Gasteiger partial charge is 0.477 e. The maximum atomic E-state index is 11.0. The summed E-state index contributed by atoms with van der Waals surface area (Å²) in [6, 6.07) is 5.08. The van der Waals surface area contributed by atoms with Crippen LogP contribution in [0.4, 0.5) is 10.8 Å². The number of hydrogen-bond acceptors (Lipinski definition) is 4. The van der Waals surface area contributed by atoms with Crippen molar-refractivity contribution < 1.29 is 9.90 Å². The Kier molecular flexibility index (Phi) is 4.29. The minimum absolute atomic E-state index is 0.255. The standard InChI is InChI=1S/C12H10Cl2N2O2S/c1-2-9-10(11(17)18)19-12(16-9)15-6-3-4-7(13)8(14)5-6/h3-5H,2H2,1H3,(H,15,16)(H,17,18). The fourth-order valence-corrected chi connectivity index (χ4v) is 2.72. The number of anilines is 2. The number of benzene rings is 1. The topological polar surface area (TPSA) is 62.2 Å². The predicted molar refractivity (Wildman–Crippen MR) is 78.2 cm³/mol. The molecule has 7 heteroatoms. The van der Waals surface area contributed by atoms with E-state index in [2.05, 4.69) is 10.3 Å². The number of rotatable bonds is 4. The van der Waals surface area contributed by atoms with Gasteiger partial charge in [0.25, 0.3) is 0 Å². The highest BCUT2D eigenvalue weighted by molar-refractivity contribution is 7.17. The number of nitrogens with one attached hydrogen (secondary N) is 1. The lowest BCUT2D eigenvalue weighted by Crippen LogP contribution is -1.97. The van der Waals surface area contributed by atoms with E-state index in [1.807, 2.05) is 6.92 Å². The van der Waals surface area contributed by atoms with Crippen molar-refractivity contribution in [3.8, 4) is 0 Å². The Bertz CT molecular complexity index is 628. The highest BCUT2D eigenvalue weighted by Crippen LogP contribution is 2.30. The molecule has 0 unspecified atom stereocenters. The Morgan fingerprint density at radius 3 is 2.68 bits per heavy atom. The molecule has 0 spiro atoms. The van der Waals surface area contributed by atoms with Gasteiger partial charge in [-0.05, 0) is 24.6 Å². The minimum Gasteiger partial charge on any atom is -0.477 e. The molecule has 100 valence electrons. The highest BCUT2D eigenvalue weighted by Gasteiger charge is 2.16. The van der Waals surface area contributed by atoms with Crippen molar-refractivity contribution in [2.24, 2.45) is 0 Å². The second-order valence-corrected chi connectivity index (χ2v) is 5.52. The Morgan fingerprint density at radius 1 is 1.42 bits per heavy atom. The van der Waals surface area contributed by atoms with Gasteiger partial charge in [0.15, 0.2) is 5.13 Å². The van der Waals surface area contributed by atoms with E-state index in [4.69, 9.17) is 28.3 Å². The maximum Gasteiger partial charge on any atom is 0.347 e. The Balaban J connectivity index is 2.28. The van der Waals surface area contributed by atoms with Crippen LogP contribution in [0.1, 0.15) is 22.3 Å². The number of halogens is 2.